The van der Waals surface area contributed by atoms with Gasteiger partial charge < -0.3 is 20.1 Å². The lowest BCUT2D eigenvalue weighted by atomic mass is 9.78. The molecule has 0 bridgehead atoms. The summed E-state index contributed by atoms with van der Waals surface area (Å²) in [6.07, 6.45) is 5.82. The van der Waals surface area contributed by atoms with E-state index in [9.17, 15) is 19.2 Å². The molecule has 0 radical (unpaired) electrons. The summed E-state index contributed by atoms with van der Waals surface area (Å²) in [5.41, 5.74) is -1.96. The third kappa shape index (κ3) is 11.2. The Morgan fingerprint density at radius 3 is 1.28 bits per heavy atom. The minimum Gasteiger partial charge on any atom is -0.459 e. The summed E-state index contributed by atoms with van der Waals surface area (Å²) in [7, 11) is 0. The fourth-order valence-corrected chi connectivity index (χ4v) is 3.60. The molecule has 10 heteroatoms. The molecule has 212 valence electrons. The molecule has 0 saturated heterocycles. The smallest absolute Gasteiger partial charge is 0.324 e. The average Bonchev–Trinajstić information content (AvgIpc) is 2.85. The van der Waals surface area contributed by atoms with Crippen molar-refractivity contribution in [2.24, 2.45) is 5.41 Å². The predicted octanol–water partition coefficient (Wildman–Crippen LogP) is 3.64. The van der Waals surface area contributed by atoms with E-state index >= 15 is 0 Å². The fourth-order valence-electron chi connectivity index (χ4n) is 3.60. The number of nitrogens with one attached hydrogen (secondary N) is 2. The molecule has 10 nitrogen and oxygen atoms in total. The molecule has 2 N–H and O–H groups in total. The first kappa shape index (κ1) is 31.4. The minimum atomic E-state index is -1.86. The number of carbonyl (C=O) groups excluding carboxylic acids is 4. The Morgan fingerprint density at radius 1 is 0.641 bits per heavy atom. The van der Waals surface area contributed by atoms with Crippen LogP contribution in [0.5, 0.6) is 0 Å². The van der Waals surface area contributed by atoms with Crippen LogP contribution >= 0.6 is 0 Å². The first-order chi connectivity index (χ1) is 18.2. The summed E-state index contributed by atoms with van der Waals surface area (Å²) in [6.45, 7) is 10.7. The van der Waals surface area contributed by atoms with Gasteiger partial charge in [-0.05, 0) is 89.8 Å². The van der Waals surface area contributed by atoms with Crippen LogP contribution in [0.3, 0.4) is 0 Å². The molecule has 0 spiro atoms. The Bertz CT molecular complexity index is 1020. The van der Waals surface area contributed by atoms with Gasteiger partial charge in [0.15, 0.2) is 5.41 Å². The van der Waals surface area contributed by atoms with Crippen molar-refractivity contribution >= 4 is 23.8 Å². The van der Waals surface area contributed by atoms with Gasteiger partial charge in [0.25, 0.3) is 0 Å². The van der Waals surface area contributed by atoms with Crippen molar-refractivity contribution in [2.45, 2.75) is 91.5 Å². The topological polar surface area (TPSA) is 137 Å². The number of carbonyl (C=O) groups is 4. The normalized spacial score (nSPS) is 11.8. The highest BCUT2D eigenvalue weighted by Crippen LogP contribution is 2.36. The zero-order valence-corrected chi connectivity index (χ0v) is 23.7. The highest BCUT2D eigenvalue weighted by Gasteiger charge is 2.51. The van der Waals surface area contributed by atoms with Crippen LogP contribution in [-0.4, -0.2) is 44.9 Å². The number of ether oxygens (including phenoxy) is 2. The molecule has 0 aliphatic heterocycles. The van der Waals surface area contributed by atoms with E-state index < -0.39 is 28.6 Å². The van der Waals surface area contributed by atoms with Gasteiger partial charge in [-0.1, -0.05) is 0 Å². The molecule has 0 saturated carbocycles. The molecular weight excluding hydrogens is 500 g/mol. The molecule has 2 aromatic heterocycles. The SMILES string of the molecule is CC(C)(C)OC(=O)C(CCC(=O)NCc1ccncc1)(CCC(=O)NCc1ccncc1)C(=O)OC(C)(C)C. The molecule has 0 atom stereocenters. The number of amides is 2. The second-order valence-electron chi connectivity index (χ2n) is 11.4. The Balaban J connectivity index is 2.24. The van der Waals surface area contributed by atoms with Gasteiger partial charge in [-0.15, -0.1) is 0 Å². The Labute approximate surface area is 230 Å². The molecule has 2 aromatic rings. The number of pyridine rings is 2. The van der Waals surface area contributed by atoms with Crippen molar-refractivity contribution in [1.29, 1.82) is 0 Å². The molecular formula is C29H40N4O6. The average molecular weight is 541 g/mol. The van der Waals surface area contributed by atoms with Gasteiger partial charge in [-0.3, -0.25) is 29.1 Å². The Morgan fingerprint density at radius 2 is 0.974 bits per heavy atom. The van der Waals surface area contributed by atoms with Crippen LogP contribution in [0.4, 0.5) is 0 Å². The van der Waals surface area contributed by atoms with E-state index in [2.05, 4.69) is 20.6 Å². The second kappa shape index (κ2) is 13.8. The quantitative estimate of drug-likeness (QED) is 0.308. The number of hydrogen-bond acceptors (Lipinski definition) is 8. The standard InChI is InChI=1S/C29H40N4O6/c1-27(2,3)38-25(36)29(26(37)39-28(4,5)6,13-7-23(34)32-19-21-9-15-30-16-10-21)14-8-24(35)33-20-22-11-17-31-18-12-22/h9-12,15-18H,7-8,13-14,19-20H2,1-6H3,(H,32,34)(H,33,35). The van der Waals surface area contributed by atoms with Crippen molar-refractivity contribution in [3.8, 4) is 0 Å². The van der Waals surface area contributed by atoms with E-state index in [4.69, 9.17) is 9.47 Å². The highest BCUT2D eigenvalue weighted by molar-refractivity contribution is 6.01. The summed E-state index contributed by atoms with van der Waals surface area (Å²) in [4.78, 5) is 60.6. The molecule has 0 aromatic carbocycles. The first-order valence-corrected chi connectivity index (χ1v) is 13.0. The van der Waals surface area contributed by atoms with Crippen LogP contribution < -0.4 is 10.6 Å². The minimum absolute atomic E-state index is 0.151. The van der Waals surface area contributed by atoms with Gasteiger partial charge in [0, 0.05) is 50.7 Å². The third-order valence-electron chi connectivity index (χ3n) is 5.61. The summed E-state index contributed by atoms with van der Waals surface area (Å²) in [6, 6.07) is 7.10. The number of nitrogens with zero attached hydrogens (tertiary/aromatic N) is 2. The Hall–Kier alpha value is -3.82. The lowest BCUT2D eigenvalue weighted by molar-refractivity contribution is -0.186. The van der Waals surface area contributed by atoms with Crippen LogP contribution in [0.2, 0.25) is 0 Å². The zero-order chi connectivity index (χ0) is 29.1. The largest absolute Gasteiger partial charge is 0.459 e. The maximum atomic E-state index is 13.6. The molecule has 2 heterocycles. The molecule has 2 amide bonds. The van der Waals surface area contributed by atoms with E-state index in [1.807, 2.05) is 0 Å². The second-order valence-corrected chi connectivity index (χ2v) is 11.4. The lowest BCUT2D eigenvalue weighted by Gasteiger charge is -2.34. The van der Waals surface area contributed by atoms with E-state index in [1.165, 1.54) is 0 Å². The first-order valence-electron chi connectivity index (χ1n) is 13.0. The summed E-state index contributed by atoms with van der Waals surface area (Å²) < 4.78 is 11.3. The third-order valence-corrected chi connectivity index (χ3v) is 5.61. The van der Waals surface area contributed by atoms with E-state index in [1.54, 1.807) is 90.6 Å². The number of hydrogen-bond donors (Lipinski definition) is 2. The van der Waals surface area contributed by atoms with Gasteiger partial charge in [0.2, 0.25) is 11.8 Å². The molecule has 0 unspecified atom stereocenters. The van der Waals surface area contributed by atoms with Gasteiger partial charge in [-0.2, -0.15) is 0 Å². The zero-order valence-electron chi connectivity index (χ0n) is 23.7. The molecule has 0 fully saturated rings. The molecule has 2 rings (SSSR count). The summed E-state index contributed by atoms with van der Waals surface area (Å²) in [5, 5.41) is 5.59. The van der Waals surface area contributed by atoms with Crippen molar-refractivity contribution < 1.29 is 28.7 Å². The van der Waals surface area contributed by atoms with Crippen LogP contribution in [0.25, 0.3) is 0 Å². The van der Waals surface area contributed by atoms with Gasteiger partial charge in [-0.25, -0.2) is 0 Å². The number of esters is 2. The predicted molar refractivity (Wildman–Crippen MR) is 145 cm³/mol. The number of aromatic nitrogens is 2. The summed E-state index contributed by atoms with van der Waals surface area (Å²) in [5.74, 6) is -2.36. The fraction of sp³-hybridized carbons (Fsp3) is 0.517. The van der Waals surface area contributed by atoms with Crippen LogP contribution in [0.15, 0.2) is 49.1 Å². The highest BCUT2D eigenvalue weighted by atomic mass is 16.6. The van der Waals surface area contributed by atoms with Crippen molar-refractivity contribution in [3.63, 3.8) is 0 Å². The van der Waals surface area contributed by atoms with E-state index in [-0.39, 0.29) is 50.6 Å². The maximum absolute atomic E-state index is 13.6. The van der Waals surface area contributed by atoms with Crippen molar-refractivity contribution in [3.05, 3.63) is 60.2 Å². The Kier molecular flexibility index (Phi) is 11.1. The van der Waals surface area contributed by atoms with Crippen LogP contribution in [0.1, 0.15) is 78.4 Å². The van der Waals surface area contributed by atoms with Gasteiger partial charge >= 0.3 is 11.9 Å². The molecule has 0 aliphatic carbocycles. The van der Waals surface area contributed by atoms with Crippen molar-refractivity contribution in [1.82, 2.24) is 20.6 Å². The van der Waals surface area contributed by atoms with Crippen LogP contribution in [-0.2, 0) is 41.7 Å². The molecule has 39 heavy (non-hydrogen) atoms. The maximum Gasteiger partial charge on any atom is 0.324 e. The lowest BCUT2D eigenvalue weighted by Crippen LogP contribution is -2.48. The van der Waals surface area contributed by atoms with Gasteiger partial charge in [0.05, 0.1) is 0 Å². The monoisotopic (exact) mass is 540 g/mol. The van der Waals surface area contributed by atoms with Crippen molar-refractivity contribution in [2.75, 3.05) is 0 Å². The molecule has 0 aliphatic rings. The van der Waals surface area contributed by atoms with Crippen LogP contribution in [0, 0.1) is 5.41 Å². The number of rotatable bonds is 12. The summed E-state index contributed by atoms with van der Waals surface area (Å²) >= 11 is 0. The van der Waals surface area contributed by atoms with E-state index in [0.29, 0.717) is 0 Å². The van der Waals surface area contributed by atoms with Gasteiger partial charge in [0.1, 0.15) is 11.2 Å². The van der Waals surface area contributed by atoms with E-state index in [0.717, 1.165) is 11.1 Å².